The van der Waals surface area contributed by atoms with Gasteiger partial charge < -0.3 is 9.84 Å². The van der Waals surface area contributed by atoms with Gasteiger partial charge in [-0.05, 0) is 49.4 Å². The highest BCUT2D eigenvalue weighted by molar-refractivity contribution is 5.76. The minimum absolute atomic E-state index is 0.432. The number of hydrogen-bond donors (Lipinski definition) is 1. The fraction of sp³-hybridized carbons (Fsp3) is 0.316. The number of carbonyl (C=O) groups is 1. The molecule has 2 rings (SSSR count). The number of unbranched alkanes of at least 4 members (excludes halogenated alkanes) is 1. The molecule has 0 fully saturated rings. The first-order valence-electron chi connectivity index (χ1n) is 7.64. The molecule has 0 spiro atoms. The first-order valence-corrected chi connectivity index (χ1v) is 7.64. The highest BCUT2D eigenvalue weighted by Crippen LogP contribution is 2.25. The minimum Gasteiger partial charge on any atom is -0.494 e. The lowest BCUT2D eigenvalue weighted by atomic mass is 9.90. The van der Waals surface area contributed by atoms with Crippen LogP contribution in [0.1, 0.15) is 36.3 Å². The van der Waals surface area contributed by atoms with Gasteiger partial charge in [-0.3, -0.25) is 4.79 Å². The molecule has 2 aromatic rings. The van der Waals surface area contributed by atoms with Gasteiger partial charge >= 0.3 is 5.97 Å². The zero-order chi connectivity index (χ0) is 15.8. The molecule has 3 heteroatoms. The molecule has 116 valence electrons. The lowest BCUT2D eigenvalue weighted by Gasteiger charge is -2.15. The van der Waals surface area contributed by atoms with E-state index >= 15 is 0 Å². The highest BCUT2D eigenvalue weighted by Gasteiger charge is 2.20. The van der Waals surface area contributed by atoms with E-state index in [1.165, 1.54) is 0 Å². The predicted molar refractivity (Wildman–Crippen MR) is 87.3 cm³/mol. The predicted octanol–water partition coefficient (Wildman–Crippen LogP) is 4.41. The largest absolute Gasteiger partial charge is 0.494 e. The highest BCUT2D eigenvalue weighted by atomic mass is 16.5. The van der Waals surface area contributed by atoms with Crippen LogP contribution in [0, 0.1) is 6.92 Å². The fourth-order valence-corrected chi connectivity index (χ4v) is 2.55. The van der Waals surface area contributed by atoms with E-state index in [1.807, 2.05) is 61.5 Å². The van der Waals surface area contributed by atoms with Gasteiger partial charge in [-0.2, -0.15) is 0 Å². The maximum absolute atomic E-state index is 11.5. The number of carboxylic acids is 1. The van der Waals surface area contributed by atoms with Gasteiger partial charge in [-0.25, -0.2) is 0 Å². The van der Waals surface area contributed by atoms with Crippen LogP contribution in [-0.4, -0.2) is 17.7 Å². The number of hydrogen-bond acceptors (Lipinski definition) is 2. The Balaban J connectivity index is 1.81. The lowest BCUT2D eigenvalue weighted by Crippen LogP contribution is -2.13. The molecule has 0 saturated heterocycles. The summed E-state index contributed by atoms with van der Waals surface area (Å²) in [6.07, 6.45) is 2.32. The van der Waals surface area contributed by atoms with E-state index in [9.17, 15) is 9.90 Å². The standard InChI is InChI=1S/C19H22O3/c1-15-9-5-6-12-17(15)18(19(20)21)13-7-8-14-22-16-10-3-2-4-11-16/h2-6,9-12,18H,7-8,13-14H2,1H3,(H,20,21). The van der Waals surface area contributed by atoms with E-state index in [1.54, 1.807) is 0 Å². The second-order valence-electron chi connectivity index (χ2n) is 5.40. The van der Waals surface area contributed by atoms with E-state index in [4.69, 9.17) is 4.74 Å². The maximum atomic E-state index is 11.5. The number of aliphatic carboxylic acids is 1. The summed E-state index contributed by atoms with van der Waals surface area (Å²) in [6.45, 7) is 2.58. The van der Waals surface area contributed by atoms with Crippen LogP contribution in [0.4, 0.5) is 0 Å². The van der Waals surface area contributed by atoms with Crippen molar-refractivity contribution in [2.75, 3.05) is 6.61 Å². The fourth-order valence-electron chi connectivity index (χ4n) is 2.55. The molecule has 1 unspecified atom stereocenters. The van der Waals surface area contributed by atoms with Crippen LogP contribution < -0.4 is 4.74 Å². The zero-order valence-electron chi connectivity index (χ0n) is 12.9. The third kappa shape index (κ3) is 4.62. The van der Waals surface area contributed by atoms with Crippen LogP contribution in [0.15, 0.2) is 54.6 Å². The molecule has 1 N–H and O–H groups in total. The number of benzene rings is 2. The van der Waals surface area contributed by atoms with Crippen LogP contribution >= 0.6 is 0 Å². The normalized spacial score (nSPS) is 11.9. The van der Waals surface area contributed by atoms with E-state index in [0.717, 1.165) is 29.7 Å². The van der Waals surface area contributed by atoms with Crippen LogP contribution in [-0.2, 0) is 4.79 Å². The van der Waals surface area contributed by atoms with Crippen molar-refractivity contribution < 1.29 is 14.6 Å². The third-order valence-electron chi connectivity index (χ3n) is 3.76. The van der Waals surface area contributed by atoms with Gasteiger partial charge in [0.1, 0.15) is 5.75 Å². The summed E-state index contributed by atoms with van der Waals surface area (Å²) in [7, 11) is 0. The first kappa shape index (κ1) is 16.1. The molecule has 0 heterocycles. The molecule has 0 saturated carbocycles. The molecule has 0 radical (unpaired) electrons. The summed E-state index contributed by atoms with van der Waals surface area (Å²) in [5.41, 5.74) is 1.95. The SMILES string of the molecule is Cc1ccccc1C(CCCCOc1ccccc1)C(=O)O. The van der Waals surface area contributed by atoms with Gasteiger partial charge in [0.15, 0.2) is 0 Å². The average molecular weight is 298 g/mol. The zero-order valence-corrected chi connectivity index (χ0v) is 12.9. The van der Waals surface area contributed by atoms with Gasteiger partial charge in [-0.15, -0.1) is 0 Å². The Morgan fingerprint density at radius 2 is 1.73 bits per heavy atom. The van der Waals surface area contributed by atoms with Crippen molar-refractivity contribution in [2.24, 2.45) is 0 Å². The molecule has 0 amide bonds. The molecule has 0 aromatic heterocycles. The molecular weight excluding hydrogens is 276 g/mol. The van der Waals surface area contributed by atoms with Crippen molar-refractivity contribution in [1.82, 2.24) is 0 Å². The van der Waals surface area contributed by atoms with Crippen LogP contribution in [0.5, 0.6) is 5.75 Å². The molecule has 0 aliphatic rings. The molecule has 2 aromatic carbocycles. The molecular formula is C19H22O3. The molecule has 3 nitrogen and oxygen atoms in total. The second-order valence-corrected chi connectivity index (χ2v) is 5.40. The number of aryl methyl sites for hydroxylation is 1. The maximum Gasteiger partial charge on any atom is 0.310 e. The summed E-state index contributed by atoms with van der Waals surface area (Å²) < 4.78 is 5.63. The number of ether oxygens (including phenoxy) is 1. The van der Waals surface area contributed by atoms with Crippen molar-refractivity contribution in [3.05, 3.63) is 65.7 Å². The molecule has 0 aliphatic heterocycles. The summed E-state index contributed by atoms with van der Waals surface area (Å²) >= 11 is 0. The average Bonchev–Trinajstić information content (AvgIpc) is 2.52. The first-order chi connectivity index (χ1) is 10.7. The molecule has 1 atom stereocenters. The Morgan fingerprint density at radius 3 is 2.41 bits per heavy atom. The van der Waals surface area contributed by atoms with Crippen molar-refractivity contribution in [2.45, 2.75) is 32.1 Å². The molecule has 0 bridgehead atoms. The van der Waals surface area contributed by atoms with Gasteiger partial charge in [0.05, 0.1) is 12.5 Å². The lowest BCUT2D eigenvalue weighted by molar-refractivity contribution is -0.139. The van der Waals surface area contributed by atoms with Crippen LogP contribution in [0.3, 0.4) is 0 Å². The number of para-hydroxylation sites is 1. The van der Waals surface area contributed by atoms with E-state index in [2.05, 4.69) is 0 Å². The van der Waals surface area contributed by atoms with Crippen molar-refractivity contribution in [3.63, 3.8) is 0 Å². The van der Waals surface area contributed by atoms with Crippen molar-refractivity contribution in [1.29, 1.82) is 0 Å². The van der Waals surface area contributed by atoms with Gasteiger partial charge in [0.2, 0.25) is 0 Å². The van der Waals surface area contributed by atoms with Crippen molar-refractivity contribution in [3.8, 4) is 5.75 Å². The summed E-state index contributed by atoms with van der Waals surface area (Å²) in [5, 5.41) is 9.45. The number of carboxylic acid groups (broad SMARTS) is 1. The Labute approximate surface area is 131 Å². The van der Waals surface area contributed by atoms with Crippen LogP contribution in [0.25, 0.3) is 0 Å². The Bertz CT molecular complexity index is 593. The van der Waals surface area contributed by atoms with Crippen molar-refractivity contribution >= 4 is 5.97 Å². The topological polar surface area (TPSA) is 46.5 Å². The molecule has 22 heavy (non-hydrogen) atoms. The van der Waals surface area contributed by atoms with E-state index in [0.29, 0.717) is 13.0 Å². The summed E-state index contributed by atoms with van der Waals surface area (Å²) in [6, 6.07) is 17.4. The Kier molecular flexibility index (Phi) is 6.01. The molecule has 0 aliphatic carbocycles. The van der Waals surface area contributed by atoms with Crippen LogP contribution in [0.2, 0.25) is 0 Å². The van der Waals surface area contributed by atoms with E-state index < -0.39 is 11.9 Å². The minimum atomic E-state index is -0.752. The van der Waals surface area contributed by atoms with Gasteiger partial charge in [-0.1, -0.05) is 42.5 Å². The van der Waals surface area contributed by atoms with Gasteiger partial charge in [0.25, 0.3) is 0 Å². The summed E-state index contributed by atoms with van der Waals surface area (Å²) in [5.74, 6) is -0.326. The monoisotopic (exact) mass is 298 g/mol. The number of rotatable bonds is 8. The summed E-state index contributed by atoms with van der Waals surface area (Å²) in [4.78, 5) is 11.5. The quantitative estimate of drug-likeness (QED) is 0.734. The Hall–Kier alpha value is -2.29. The third-order valence-corrected chi connectivity index (χ3v) is 3.76. The van der Waals surface area contributed by atoms with Gasteiger partial charge in [0, 0.05) is 0 Å². The second kappa shape index (κ2) is 8.23. The van der Waals surface area contributed by atoms with E-state index in [-0.39, 0.29) is 0 Å². The smallest absolute Gasteiger partial charge is 0.310 e. The Morgan fingerprint density at radius 1 is 1.05 bits per heavy atom.